The van der Waals surface area contributed by atoms with Gasteiger partial charge in [-0.1, -0.05) is 294 Å². The summed E-state index contributed by atoms with van der Waals surface area (Å²) >= 11 is 0. The number of hydrogen-bond donors (Lipinski definition) is 12. The van der Waals surface area contributed by atoms with E-state index < -0.39 is 124 Å². The van der Waals surface area contributed by atoms with Crippen LogP contribution < -0.4 is 5.32 Å². The van der Waals surface area contributed by atoms with Crippen molar-refractivity contribution in [1.82, 2.24) is 5.32 Å². The number of aliphatic hydroxyl groups excluding tert-OH is 11. The molecule has 12 N–H and O–H groups in total. The van der Waals surface area contributed by atoms with E-state index >= 15 is 0 Å². The zero-order valence-corrected chi connectivity index (χ0v) is 60.6. The maximum absolute atomic E-state index is 13.4. The molecule has 0 radical (unpaired) electrons. The number of carbonyl (C=O) groups excluding carboxylic acids is 1. The summed E-state index contributed by atoms with van der Waals surface area (Å²) in [5.41, 5.74) is 0. The number of hydrogen-bond acceptors (Lipinski definition) is 18. The van der Waals surface area contributed by atoms with Gasteiger partial charge in [-0.15, -0.1) is 0 Å². The van der Waals surface area contributed by atoms with Gasteiger partial charge in [0.25, 0.3) is 0 Å². The smallest absolute Gasteiger partial charge is 0.220 e. The van der Waals surface area contributed by atoms with Crippen LogP contribution in [0.1, 0.15) is 309 Å². The maximum atomic E-state index is 13.4. The molecule has 3 rings (SSSR count). The number of ether oxygens (including phenoxy) is 6. The first kappa shape index (κ1) is 89.0. The van der Waals surface area contributed by atoms with Crippen LogP contribution in [-0.2, 0) is 33.2 Å². The van der Waals surface area contributed by atoms with Crippen LogP contribution in [-0.4, -0.2) is 193 Å². The summed E-state index contributed by atoms with van der Waals surface area (Å²) in [7, 11) is 0. The van der Waals surface area contributed by atoms with Gasteiger partial charge in [0, 0.05) is 6.42 Å². The van der Waals surface area contributed by atoms with E-state index in [9.17, 15) is 61.0 Å². The SMILES string of the molecule is CCCCCCC/C=C\C/C=C\C/C=C\CCCCCCCCCCCCCCCCCCCCCCCCC(=O)NC(COC1OC(CO)C(OC2OC(CO)C(OC3OC(CO)C(O)C(O)C3O)C(O)C2O)C(O)C1O)C(O)/C=C/CCCCCCCCCCCCCCC. The van der Waals surface area contributed by atoms with Crippen molar-refractivity contribution < 1.29 is 89.4 Å². The Labute approximate surface area is 586 Å². The highest BCUT2D eigenvalue weighted by atomic mass is 16.8. The largest absolute Gasteiger partial charge is 0.394 e. The molecule has 17 unspecified atom stereocenters. The molecule has 0 aromatic rings. The number of rotatable bonds is 62. The highest BCUT2D eigenvalue weighted by molar-refractivity contribution is 5.76. The highest BCUT2D eigenvalue weighted by Crippen LogP contribution is 2.33. The first-order valence-corrected chi connectivity index (χ1v) is 39.4. The second-order valence-corrected chi connectivity index (χ2v) is 28.2. The number of allylic oxidation sites excluding steroid dienone is 7. The molecule has 97 heavy (non-hydrogen) atoms. The number of nitrogens with one attached hydrogen (secondary N) is 1. The third-order valence-corrected chi connectivity index (χ3v) is 19.6. The molecule has 568 valence electrons. The molecule has 3 saturated heterocycles. The highest BCUT2D eigenvalue weighted by Gasteiger charge is 2.53. The Bertz CT molecular complexity index is 1940. The zero-order valence-electron chi connectivity index (χ0n) is 60.6. The fraction of sp³-hybridized carbons (Fsp3) is 0.885. The van der Waals surface area contributed by atoms with Crippen molar-refractivity contribution in [2.24, 2.45) is 0 Å². The van der Waals surface area contributed by atoms with Gasteiger partial charge >= 0.3 is 0 Å². The van der Waals surface area contributed by atoms with Gasteiger partial charge in [-0.3, -0.25) is 4.79 Å². The van der Waals surface area contributed by atoms with E-state index in [2.05, 4.69) is 55.6 Å². The van der Waals surface area contributed by atoms with Crippen LogP contribution in [0.3, 0.4) is 0 Å². The van der Waals surface area contributed by atoms with Crippen molar-refractivity contribution in [1.29, 1.82) is 0 Å². The lowest BCUT2D eigenvalue weighted by Crippen LogP contribution is -2.66. The van der Waals surface area contributed by atoms with Crippen LogP contribution in [0.5, 0.6) is 0 Å². The van der Waals surface area contributed by atoms with Crippen LogP contribution in [0.2, 0.25) is 0 Å². The normalized spacial score (nSPS) is 27.1. The van der Waals surface area contributed by atoms with E-state index in [0.29, 0.717) is 6.42 Å². The molecule has 3 heterocycles. The molecule has 0 bridgehead atoms. The second kappa shape index (κ2) is 59.2. The first-order chi connectivity index (χ1) is 47.3. The summed E-state index contributed by atoms with van der Waals surface area (Å²) in [4.78, 5) is 13.4. The van der Waals surface area contributed by atoms with Crippen LogP contribution in [0.25, 0.3) is 0 Å². The molecule has 17 atom stereocenters. The van der Waals surface area contributed by atoms with Crippen molar-refractivity contribution in [2.45, 2.75) is 413 Å². The van der Waals surface area contributed by atoms with Gasteiger partial charge in [0.2, 0.25) is 5.91 Å². The summed E-state index contributed by atoms with van der Waals surface area (Å²) in [6, 6.07) is -0.972. The molecule has 0 saturated carbocycles. The molecule has 0 aromatic heterocycles. The van der Waals surface area contributed by atoms with Gasteiger partial charge in [-0.25, -0.2) is 0 Å². The number of carbonyl (C=O) groups is 1. The minimum Gasteiger partial charge on any atom is -0.394 e. The molecule has 0 aromatic carbocycles. The van der Waals surface area contributed by atoms with E-state index in [1.54, 1.807) is 6.08 Å². The molecular weight excluding hydrogens is 1240 g/mol. The minimum atomic E-state index is -1.98. The standard InChI is InChI=1S/C78H143NO18/c1-3-5-7-9-11-13-15-17-19-20-21-22-23-24-25-26-27-28-29-30-31-32-33-34-35-36-37-38-39-40-42-44-46-48-50-52-54-56-66(84)79-61(62(83)55-53-51-49-47-45-43-41-18-16-14-12-10-8-6-4-2)60-92-76-72(90)69(87)74(64(58-81)94-76)97-78-73(91)70(88)75(65(59-82)95-78)96-77-71(89)68(86)67(85)63(57-80)93-77/h15,17,20-21,23-24,53,55,61-65,67-78,80-83,85-91H,3-14,16,18-19,22,25-52,54,56-60H2,1-2H3,(H,79,84)/b17-15-,21-20-,24-23-,55-53+. The van der Waals surface area contributed by atoms with E-state index in [-0.39, 0.29) is 18.9 Å². The van der Waals surface area contributed by atoms with Crippen molar-refractivity contribution in [3.63, 3.8) is 0 Å². The average Bonchev–Trinajstić information content (AvgIpc) is 0.789. The van der Waals surface area contributed by atoms with Crippen LogP contribution >= 0.6 is 0 Å². The molecule has 1 amide bonds. The maximum Gasteiger partial charge on any atom is 0.220 e. The average molecular weight is 1380 g/mol. The van der Waals surface area contributed by atoms with E-state index in [1.807, 2.05) is 6.08 Å². The van der Waals surface area contributed by atoms with Gasteiger partial charge in [0.15, 0.2) is 18.9 Å². The van der Waals surface area contributed by atoms with E-state index in [4.69, 9.17) is 28.4 Å². The predicted octanol–water partition coefficient (Wildman–Crippen LogP) is 12.5. The van der Waals surface area contributed by atoms with Crippen LogP contribution in [0.4, 0.5) is 0 Å². The topological polar surface area (TPSA) is 307 Å². The van der Waals surface area contributed by atoms with Gasteiger partial charge in [0.05, 0.1) is 38.6 Å². The lowest BCUT2D eigenvalue weighted by molar-refractivity contribution is -0.379. The Morgan fingerprint density at radius 3 is 1.06 bits per heavy atom. The summed E-state index contributed by atoms with van der Waals surface area (Å²) < 4.78 is 34.4. The Morgan fingerprint density at radius 2 is 0.680 bits per heavy atom. The summed E-state index contributed by atoms with van der Waals surface area (Å²) in [6.07, 6.45) is 46.8. The lowest BCUT2D eigenvalue weighted by Gasteiger charge is -2.48. The number of amides is 1. The number of unbranched alkanes of at least 4 members (excludes halogenated alkanes) is 40. The Morgan fingerprint density at radius 1 is 0.371 bits per heavy atom. The quantitative estimate of drug-likeness (QED) is 0.0199. The predicted molar refractivity (Wildman–Crippen MR) is 383 cm³/mol. The Kier molecular flexibility index (Phi) is 54.3. The summed E-state index contributed by atoms with van der Waals surface area (Å²) in [5, 5.41) is 121. The molecule has 19 nitrogen and oxygen atoms in total. The van der Waals surface area contributed by atoms with Crippen molar-refractivity contribution >= 4 is 5.91 Å². The Balaban J connectivity index is 1.31. The zero-order chi connectivity index (χ0) is 70.4. The summed E-state index contributed by atoms with van der Waals surface area (Å²) in [6.45, 7) is 1.75. The van der Waals surface area contributed by atoms with Crippen LogP contribution in [0, 0.1) is 0 Å². The van der Waals surface area contributed by atoms with Gasteiger partial charge < -0.3 is 89.9 Å². The van der Waals surface area contributed by atoms with E-state index in [0.717, 1.165) is 57.8 Å². The molecule has 3 fully saturated rings. The van der Waals surface area contributed by atoms with Gasteiger partial charge in [0.1, 0.15) is 73.2 Å². The van der Waals surface area contributed by atoms with Crippen molar-refractivity contribution in [3.8, 4) is 0 Å². The van der Waals surface area contributed by atoms with Gasteiger partial charge in [-0.2, -0.15) is 0 Å². The molecule has 3 aliphatic heterocycles. The first-order valence-electron chi connectivity index (χ1n) is 39.4. The fourth-order valence-electron chi connectivity index (χ4n) is 13.3. The lowest BCUT2D eigenvalue weighted by atomic mass is 9.96. The third kappa shape index (κ3) is 39.8. The molecule has 0 aliphatic carbocycles. The number of aliphatic hydroxyl groups is 11. The third-order valence-electron chi connectivity index (χ3n) is 19.6. The van der Waals surface area contributed by atoms with E-state index in [1.165, 1.54) is 225 Å². The van der Waals surface area contributed by atoms with Gasteiger partial charge in [-0.05, 0) is 57.8 Å². The van der Waals surface area contributed by atoms with Crippen LogP contribution in [0.15, 0.2) is 48.6 Å². The molecule has 19 heteroatoms. The summed E-state index contributed by atoms with van der Waals surface area (Å²) in [5.74, 6) is -0.271. The molecular formula is C78H143NO18. The molecule has 0 spiro atoms. The van der Waals surface area contributed by atoms with Crippen molar-refractivity contribution in [3.05, 3.63) is 48.6 Å². The Hall–Kier alpha value is -2.25. The monoisotopic (exact) mass is 1380 g/mol. The van der Waals surface area contributed by atoms with Crippen molar-refractivity contribution in [2.75, 3.05) is 26.4 Å². The minimum absolute atomic E-state index is 0.246. The molecule has 3 aliphatic rings. The second-order valence-electron chi connectivity index (χ2n) is 28.2. The fourth-order valence-corrected chi connectivity index (χ4v) is 13.3.